The van der Waals surface area contributed by atoms with E-state index in [1.807, 2.05) is 6.07 Å². The Morgan fingerprint density at radius 1 is 1.05 bits per heavy atom. The Balaban J connectivity index is 2.07. The van der Waals surface area contributed by atoms with E-state index in [0.29, 0.717) is 22.3 Å². The highest BCUT2D eigenvalue weighted by Crippen LogP contribution is 2.25. The first-order valence-corrected chi connectivity index (χ1v) is 7.03. The van der Waals surface area contributed by atoms with E-state index in [2.05, 4.69) is 10.6 Å². The number of aliphatic hydroxyl groups is 1. The van der Waals surface area contributed by atoms with Crippen molar-refractivity contribution in [2.75, 3.05) is 17.2 Å². The maximum Gasteiger partial charge on any atom is 0.250 e. The Hall–Kier alpha value is -1.75. The van der Waals surface area contributed by atoms with Crippen LogP contribution < -0.4 is 10.6 Å². The van der Waals surface area contributed by atoms with Crippen LogP contribution in [0.4, 0.5) is 11.4 Å². The van der Waals surface area contributed by atoms with Crippen molar-refractivity contribution in [1.29, 1.82) is 0 Å². The standard InChI is InChI=1S/C15H14Cl2N2O2/c16-13-5-2-6-14(17)12(13)8-18-10-3-1-4-11(7-10)19-15(21)9-20/h1-7,18,20H,8-9H2,(H,19,21). The Morgan fingerprint density at radius 2 is 1.67 bits per heavy atom. The molecule has 2 aromatic carbocycles. The summed E-state index contributed by atoms with van der Waals surface area (Å²) in [6.45, 7) is -0.0806. The molecule has 21 heavy (non-hydrogen) atoms. The fourth-order valence-corrected chi connectivity index (χ4v) is 2.33. The largest absolute Gasteiger partial charge is 0.387 e. The first-order chi connectivity index (χ1) is 10.1. The van der Waals surface area contributed by atoms with Gasteiger partial charge in [-0.05, 0) is 30.3 Å². The van der Waals surface area contributed by atoms with Gasteiger partial charge in [0, 0.05) is 33.5 Å². The fraction of sp³-hybridized carbons (Fsp3) is 0.133. The summed E-state index contributed by atoms with van der Waals surface area (Å²) in [7, 11) is 0. The molecule has 0 aromatic heterocycles. The number of carbonyl (C=O) groups is 1. The van der Waals surface area contributed by atoms with Crippen molar-refractivity contribution in [3.63, 3.8) is 0 Å². The van der Waals surface area contributed by atoms with Crippen LogP contribution in [0.1, 0.15) is 5.56 Å². The minimum Gasteiger partial charge on any atom is -0.387 e. The molecule has 0 atom stereocenters. The van der Waals surface area contributed by atoms with Crippen molar-refractivity contribution in [2.45, 2.75) is 6.54 Å². The molecule has 0 radical (unpaired) electrons. The molecule has 3 N–H and O–H groups in total. The number of carbonyl (C=O) groups excluding carboxylic acids is 1. The third-order valence-electron chi connectivity index (χ3n) is 2.82. The molecule has 0 unspecified atom stereocenters. The molecule has 0 saturated carbocycles. The third kappa shape index (κ3) is 4.36. The number of aliphatic hydroxyl groups excluding tert-OH is 1. The first kappa shape index (κ1) is 15.6. The van der Waals surface area contributed by atoms with E-state index in [0.717, 1.165) is 11.3 Å². The lowest BCUT2D eigenvalue weighted by atomic mass is 10.2. The van der Waals surface area contributed by atoms with E-state index in [1.165, 1.54) is 0 Å². The van der Waals surface area contributed by atoms with E-state index < -0.39 is 12.5 Å². The van der Waals surface area contributed by atoms with Gasteiger partial charge >= 0.3 is 0 Å². The molecular formula is C15H14Cl2N2O2. The first-order valence-electron chi connectivity index (χ1n) is 6.27. The van der Waals surface area contributed by atoms with Crippen LogP contribution in [0.3, 0.4) is 0 Å². The predicted molar refractivity (Wildman–Crippen MR) is 85.9 cm³/mol. The van der Waals surface area contributed by atoms with Crippen molar-refractivity contribution in [3.8, 4) is 0 Å². The lowest BCUT2D eigenvalue weighted by Gasteiger charge is -2.11. The summed E-state index contributed by atoms with van der Waals surface area (Å²) in [5, 5.41) is 15.7. The highest BCUT2D eigenvalue weighted by Gasteiger charge is 2.06. The zero-order chi connectivity index (χ0) is 15.2. The van der Waals surface area contributed by atoms with Gasteiger partial charge in [0.25, 0.3) is 0 Å². The molecule has 0 aliphatic heterocycles. The summed E-state index contributed by atoms with van der Waals surface area (Å²) in [4.78, 5) is 11.1. The van der Waals surface area contributed by atoms with Crippen molar-refractivity contribution in [1.82, 2.24) is 0 Å². The smallest absolute Gasteiger partial charge is 0.250 e. The highest BCUT2D eigenvalue weighted by molar-refractivity contribution is 6.36. The molecule has 110 valence electrons. The average Bonchev–Trinajstić information content (AvgIpc) is 2.47. The molecule has 4 nitrogen and oxygen atoms in total. The van der Waals surface area contributed by atoms with Gasteiger partial charge in [0.05, 0.1) is 0 Å². The maximum atomic E-state index is 11.1. The number of amides is 1. The molecule has 0 bridgehead atoms. The zero-order valence-electron chi connectivity index (χ0n) is 11.1. The summed E-state index contributed by atoms with van der Waals surface area (Å²) in [6.07, 6.45) is 0. The molecule has 2 aromatic rings. The maximum absolute atomic E-state index is 11.1. The number of hydrogen-bond acceptors (Lipinski definition) is 3. The molecule has 0 heterocycles. The van der Waals surface area contributed by atoms with Gasteiger partial charge in [-0.15, -0.1) is 0 Å². The third-order valence-corrected chi connectivity index (χ3v) is 3.53. The van der Waals surface area contributed by atoms with E-state index in [-0.39, 0.29) is 0 Å². The second-order valence-electron chi connectivity index (χ2n) is 4.34. The van der Waals surface area contributed by atoms with Gasteiger partial charge in [0.15, 0.2) is 0 Å². The Labute approximate surface area is 132 Å². The molecule has 0 fully saturated rings. The minimum absolute atomic E-state index is 0.457. The van der Waals surface area contributed by atoms with Crippen LogP contribution in [-0.2, 0) is 11.3 Å². The molecule has 0 aliphatic carbocycles. The molecule has 0 spiro atoms. The second-order valence-corrected chi connectivity index (χ2v) is 5.16. The second kappa shape index (κ2) is 7.31. The SMILES string of the molecule is O=C(CO)Nc1cccc(NCc2c(Cl)cccc2Cl)c1. The number of halogens is 2. The summed E-state index contributed by atoms with van der Waals surface area (Å²) >= 11 is 12.2. The van der Waals surface area contributed by atoms with E-state index in [4.69, 9.17) is 28.3 Å². The molecule has 6 heteroatoms. The van der Waals surface area contributed by atoms with Crippen LogP contribution in [0.15, 0.2) is 42.5 Å². The molecule has 1 amide bonds. The van der Waals surface area contributed by atoms with Crippen molar-refractivity contribution in [2.24, 2.45) is 0 Å². The van der Waals surface area contributed by atoms with Crippen molar-refractivity contribution < 1.29 is 9.90 Å². The Bertz CT molecular complexity index is 627. The van der Waals surface area contributed by atoms with Crippen LogP contribution in [0.2, 0.25) is 10.0 Å². The molecule has 0 saturated heterocycles. The van der Waals surface area contributed by atoms with Gasteiger partial charge in [0.2, 0.25) is 5.91 Å². The van der Waals surface area contributed by atoms with Crippen LogP contribution in [0, 0.1) is 0 Å². The topological polar surface area (TPSA) is 61.4 Å². The van der Waals surface area contributed by atoms with Crippen molar-refractivity contribution >= 4 is 40.5 Å². The number of rotatable bonds is 5. The number of anilines is 2. The van der Waals surface area contributed by atoms with Gasteiger partial charge in [-0.1, -0.05) is 35.3 Å². The van der Waals surface area contributed by atoms with E-state index in [1.54, 1.807) is 36.4 Å². The molecule has 0 aliphatic rings. The van der Waals surface area contributed by atoms with Gasteiger partial charge in [-0.3, -0.25) is 4.79 Å². The van der Waals surface area contributed by atoms with Gasteiger partial charge in [-0.25, -0.2) is 0 Å². The van der Waals surface area contributed by atoms with Gasteiger partial charge in [0.1, 0.15) is 6.61 Å². The van der Waals surface area contributed by atoms with Gasteiger partial charge < -0.3 is 15.7 Å². The fourth-order valence-electron chi connectivity index (χ4n) is 1.80. The van der Waals surface area contributed by atoms with E-state index >= 15 is 0 Å². The number of nitrogens with one attached hydrogen (secondary N) is 2. The Morgan fingerprint density at radius 3 is 2.33 bits per heavy atom. The van der Waals surface area contributed by atoms with E-state index in [9.17, 15) is 4.79 Å². The highest BCUT2D eigenvalue weighted by atomic mass is 35.5. The van der Waals surface area contributed by atoms with Crippen LogP contribution in [-0.4, -0.2) is 17.6 Å². The summed E-state index contributed by atoms with van der Waals surface area (Å²) < 4.78 is 0. The predicted octanol–water partition coefficient (Wildman–Crippen LogP) is 3.54. The Kier molecular flexibility index (Phi) is 5.44. The normalized spacial score (nSPS) is 10.2. The summed E-state index contributed by atoms with van der Waals surface area (Å²) in [5.74, 6) is -0.457. The molecular weight excluding hydrogens is 311 g/mol. The van der Waals surface area contributed by atoms with Crippen LogP contribution in [0.5, 0.6) is 0 Å². The lowest BCUT2D eigenvalue weighted by molar-refractivity contribution is -0.118. The summed E-state index contributed by atoms with van der Waals surface area (Å²) in [5.41, 5.74) is 2.22. The zero-order valence-corrected chi connectivity index (χ0v) is 12.6. The number of benzene rings is 2. The molecule has 2 rings (SSSR count). The van der Waals surface area contributed by atoms with Crippen LogP contribution in [0.25, 0.3) is 0 Å². The van der Waals surface area contributed by atoms with Crippen LogP contribution >= 0.6 is 23.2 Å². The lowest BCUT2D eigenvalue weighted by Crippen LogP contribution is -2.15. The quantitative estimate of drug-likeness (QED) is 0.788. The monoisotopic (exact) mass is 324 g/mol. The average molecular weight is 325 g/mol. The van der Waals surface area contributed by atoms with Gasteiger partial charge in [-0.2, -0.15) is 0 Å². The minimum atomic E-state index is -0.549. The number of hydrogen-bond donors (Lipinski definition) is 3. The summed E-state index contributed by atoms with van der Waals surface area (Å²) in [6, 6.07) is 12.5. The van der Waals surface area contributed by atoms with Crippen molar-refractivity contribution in [3.05, 3.63) is 58.1 Å².